The summed E-state index contributed by atoms with van der Waals surface area (Å²) in [7, 11) is 0. The average Bonchev–Trinajstić information content (AvgIpc) is 0.895. The number of carboxylic acid groups (broad SMARTS) is 2. The molecule has 12 amide bonds. The molecule has 0 aliphatic carbocycles. The molecule has 0 bridgehead atoms. The molecule has 1 aliphatic heterocycles. The quantitative estimate of drug-likeness (QED) is 0.0123. The summed E-state index contributed by atoms with van der Waals surface area (Å²) in [6, 6.07) is -16.8. The van der Waals surface area contributed by atoms with Gasteiger partial charge in [-0.2, -0.15) is 0 Å². The van der Waals surface area contributed by atoms with Gasteiger partial charge in [0.2, 0.25) is 65.0 Å². The van der Waals surface area contributed by atoms with Crippen LogP contribution in [0.5, 0.6) is 0 Å². The number of cyclic esters (lactones) is 1. The molecule has 1 rings (SSSR count). The number of aliphatic carboxylic acids is 2. The third-order valence-corrected chi connectivity index (χ3v) is 14.8. The number of alkyl halides is 1. The normalized spacial score (nSPS) is 22.7. The lowest BCUT2D eigenvalue weighted by Crippen LogP contribution is -2.62. The van der Waals surface area contributed by atoms with E-state index in [1.54, 1.807) is 0 Å². The minimum Gasteiger partial charge on any atom is -0.481 e. The Morgan fingerprint density at radius 2 is 1.04 bits per heavy atom. The molecule has 538 valence electrons. The molecule has 1 saturated heterocycles. The van der Waals surface area contributed by atoms with E-state index in [-0.39, 0.29) is 51.3 Å². The van der Waals surface area contributed by atoms with Crippen molar-refractivity contribution < 1.29 is 107 Å². The number of unbranched alkanes of at least 4 members (excludes halogenated alkanes) is 8. The summed E-state index contributed by atoms with van der Waals surface area (Å²) in [6.45, 7) is 0.421. The molecule has 0 spiro atoms. The minimum atomic E-state index is -2.88. The number of carbonyl (C=O) groups excluding carboxylic acids is 13. The number of nitrogens with one attached hydrogen (secondary N) is 12. The molecule has 1 heterocycles. The van der Waals surface area contributed by atoms with Crippen LogP contribution in [0.4, 0.5) is 0 Å². The monoisotopic (exact) mass is 1380 g/mol. The second-order valence-electron chi connectivity index (χ2n) is 22.1. The van der Waals surface area contributed by atoms with Crippen molar-refractivity contribution in [1.82, 2.24) is 63.8 Å². The van der Waals surface area contributed by atoms with Crippen molar-refractivity contribution >= 4 is 100 Å². The highest BCUT2D eigenvalue weighted by molar-refractivity contribution is 6.18. The van der Waals surface area contributed by atoms with Crippen LogP contribution in [0.1, 0.15) is 130 Å². The number of amides is 12. The van der Waals surface area contributed by atoms with E-state index in [4.69, 9.17) is 33.5 Å². The van der Waals surface area contributed by atoms with Gasteiger partial charge in [0, 0.05) is 26.1 Å². The minimum absolute atomic E-state index is 0.0151. The van der Waals surface area contributed by atoms with Crippen molar-refractivity contribution in [2.24, 2.45) is 17.2 Å². The molecule has 1 aliphatic rings. The van der Waals surface area contributed by atoms with E-state index in [0.29, 0.717) is 25.7 Å². The van der Waals surface area contributed by atoms with Crippen molar-refractivity contribution in [2.45, 2.75) is 203 Å². The number of aliphatic hydroxyl groups is 4. The first kappa shape index (κ1) is 84.8. The van der Waals surface area contributed by atoms with Crippen LogP contribution in [-0.2, 0) is 76.7 Å². The third kappa shape index (κ3) is 33.7. The molecule has 37 nitrogen and oxygen atoms in total. The highest BCUT2D eigenvalue weighted by Gasteiger charge is 2.41. The van der Waals surface area contributed by atoms with Crippen molar-refractivity contribution in [3.8, 4) is 0 Å². The third-order valence-electron chi connectivity index (χ3n) is 14.5. The van der Waals surface area contributed by atoms with Crippen molar-refractivity contribution in [3.63, 3.8) is 0 Å². The van der Waals surface area contributed by atoms with Crippen molar-refractivity contribution in [3.05, 3.63) is 11.8 Å². The molecule has 1 fully saturated rings. The maximum atomic E-state index is 14.4. The Morgan fingerprint density at radius 1 is 0.568 bits per heavy atom. The Hall–Kier alpha value is -8.20. The van der Waals surface area contributed by atoms with Crippen LogP contribution >= 0.6 is 11.6 Å². The molecule has 24 N–H and O–H groups in total. The molecule has 0 aromatic rings. The van der Waals surface area contributed by atoms with Crippen molar-refractivity contribution in [2.75, 3.05) is 51.8 Å². The molecule has 0 radical (unpaired) electrons. The molecule has 12 atom stereocenters. The number of carbonyl (C=O) groups is 15. The number of allylic oxidation sites excluding steroid dienone is 1. The van der Waals surface area contributed by atoms with E-state index >= 15 is 0 Å². The summed E-state index contributed by atoms with van der Waals surface area (Å²) in [5.74, 6) is -20.6. The number of halogens is 1. The summed E-state index contributed by atoms with van der Waals surface area (Å²) in [5, 5.41) is 89.0. The number of rotatable bonds is 34. The smallest absolute Gasteiger partial charge is 0.335 e. The Labute approximate surface area is 553 Å². The highest BCUT2D eigenvalue weighted by atomic mass is 35.5. The fraction of sp³-hybridized carbons (Fsp3) is 0.702. The lowest BCUT2D eigenvalue weighted by Gasteiger charge is -2.29. The topological polar surface area (TPSA) is 609 Å². The first-order chi connectivity index (χ1) is 45.0. The largest absolute Gasteiger partial charge is 0.481 e. The van der Waals surface area contributed by atoms with Crippen molar-refractivity contribution in [1.29, 1.82) is 0 Å². The van der Waals surface area contributed by atoms with Gasteiger partial charge in [0.25, 0.3) is 5.91 Å². The van der Waals surface area contributed by atoms with Gasteiger partial charge in [0.05, 0.1) is 50.2 Å². The lowest BCUT2D eigenvalue weighted by atomic mass is 10.0. The molecule has 38 heteroatoms. The lowest BCUT2D eigenvalue weighted by molar-refractivity contribution is -0.155. The number of esters is 1. The van der Waals surface area contributed by atoms with E-state index in [1.807, 2.05) is 17.6 Å². The first-order valence-electron chi connectivity index (χ1n) is 31.2. The number of carboxylic acids is 2. The van der Waals surface area contributed by atoms with Gasteiger partial charge >= 0.3 is 17.9 Å². The molecular weight excluding hydrogens is 1280 g/mol. The van der Waals surface area contributed by atoms with Gasteiger partial charge in [0.15, 0.2) is 12.1 Å². The fourth-order valence-electron chi connectivity index (χ4n) is 8.97. The Kier molecular flexibility index (Phi) is 41.8. The number of aliphatic hydroxyl groups excluding tert-OH is 4. The van der Waals surface area contributed by atoms with E-state index < -0.39 is 219 Å². The number of nitrogens with two attached hydrogens (primary N) is 3. The zero-order chi connectivity index (χ0) is 71.7. The zero-order valence-corrected chi connectivity index (χ0v) is 54.3. The molecule has 95 heavy (non-hydrogen) atoms. The molecule has 0 saturated carbocycles. The first-order valence-corrected chi connectivity index (χ1v) is 31.7. The summed E-state index contributed by atoms with van der Waals surface area (Å²) in [6.07, 6.45) is -2.01. The fourth-order valence-corrected chi connectivity index (χ4v) is 9.15. The van der Waals surface area contributed by atoms with E-state index in [1.165, 1.54) is 0 Å². The number of ether oxygens (including phenoxy) is 1. The summed E-state index contributed by atoms with van der Waals surface area (Å²) >= 11 is 5.90. The molecule has 0 aromatic carbocycles. The second kappa shape index (κ2) is 46.8. The zero-order valence-electron chi connectivity index (χ0n) is 53.5. The van der Waals surface area contributed by atoms with Crippen LogP contribution in [0.15, 0.2) is 11.8 Å². The van der Waals surface area contributed by atoms with Gasteiger partial charge in [-0.15, -0.1) is 11.6 Å². The molecule has 12 unspecified atom stereocenters. The van der Waals surface area contributed by atoms with Crippen LogP contribution in [0.2, 0.25) is 0 Å². The summed E-state index contributed by atoms with van der Waals surface area (Å²) in [4.78, 5) is 202. The second-order valence-corrected chi connectivity index (χ2v) is 22.4. The number of hydrogen-bond donors (Lipinski definition) is 21. The van der Waals surface area contributed by atoms with Gasteiger partial charge in [0.1, 0.15) is 54.6 Å². The summed E-state index contributed by atoms with van der Waals surface area (Å²) in [5.41, 5.74) is 15.4. The van der Waals surface area contributed by atoms with E-state index in [2.05, 4.69) is 53.2 Å². The standard InChI is InChI=1S/C57H96ClN15O22/c1-4-31(75)16-12-10-8-6-7-9-11-13-18-39(77)65-37-29-95-57(94)45(38(76)25-58)72-55(91)46(47(83)56(92)93)73-48(84)32(5-2)66-54(90)44(30(3)74)71-51(87)35(20-23-64-42(80)28-61)68-49(85)33(17-14-15-21-62-40(78)26-59)67-52(88)36(24-43(81)82)70-50(86)34(69-53(37)89)19-22-63-41(79)27-60/h5,30-31,33-38,44-47,74-76,83H,4,6-29,59-61H2,1-3H3,(H,62,78)(H,63,79)(H,64,80)(H,65,77)(H,66,90)(H,67,88)(H,68,85)(H,69,89)(H,70,86)(H,71,87)(H,72,91)(H,73,84)(H,81,82)(H,92,93)/b32-5+. The maximum absolute atomic E-state index is 14.4. The van der Waals surface area contributed by atoms with E-state index in [9.17, 15) is 103 Å². The van der Waals surface area contributed by atoms with Gasteiger partial charge in [-0.3, -0.25) is 62.3 Å². The van der Waals surface area contributed by atoms with Gasteiger partial charge in [-0.05, 0) is 65.2 Å². The number of hydrogen-bond acceptors (Lipinski definition) is 23. The Morgan fingerprint density at radius 3 is 1.54 bits per heavy atom. The SMILES string of the molecule is C/C=C1/NC(=O)C(C(C)O)NC(=O)C(CCNC(=O)CN)NC(=O)C(CCCCNC(=O)CN)NC(=O)C(CC(=O)O)NC(=O)C(CCNC(=O)CN)NC(=O)C(NC(=O)CCCCCCCCCCC(O)CC)COC(=O)C(C(O)CCl)NC(=O)C(C(O)C(=O)O)NC1=O. The van der Waals surface area contributed by atoms with E-state index in [0.717, 1.165) is 52.0 Å². The predicted octanol–water partition coefficient (Wildman–Crippen LogP) is -7.81. The van der Waals surface area contributed by atoms with Gasteiger partial charge in [-0.25, -0.2) is 9.59 Å². The Balaban J connectivity index is 4.22. The molecule has 0 aromatic heterocycles. The molecular formula is C57H96ClN15O22. The van der Waals surface area contributed by atoms with Crippen LogP contribution in [0.25, 0.3) is 0 Å². The predicted molar refractivity (Wildman–Crippen MR) is 334 cm³/mol. The average molecular weight is 1380 g/mol. The van der Waals surface area contributed by atoms with Gasteiger partial charge < -0.3 is 116 Å². The highest BCUT2D eigenvalue weighted by Crippen LogP contribution is 2.14. The van der Waals surface area contributed by atoms with Crippen LogP contribution in [0.3, 0.4) is 0 Å². The van der Waals surface area contributed by atoms with Crippen LogP contribution < -0.4 is 81.0 Å². The Bertz CT molecular complexity index is 2620. The maximum Gasteiger partial charge on any atom is 0.335 e. The van der Waals surface area contributed by atoms with Gasteiger partial charge in [-0.1, -0.05) is 57.9 Å². The van der Waals surface area contributed by atoms with Crippen LogP contribution in [0, 0.1) is 0 Å². The summed E-state index contributed by atoms with van der Waals surface area (Å²) < 4.78 is 5.33. The van der Waals surface area contributed by atoms with Crippen LogP contribution in [-0.4, -0.2) is 244 Å².